The first-order valence-corrected chi connectivity index (χ1v) is 10.4. The zero-order chi connectivity index (χ0) is 18.9. The molecule has 0 unspecified atom stereocenters. The van der Waals surface area contributed by atoms with Crippen molar-refractivity contribution in [2.24, 2.45) is 0 Å². The minimum Gasteiger partial charge on any atom is -0.352 e. The maximum Gasteiger partial charge on any atom is 0.265 e. The Labute approximate surface area is 158 Å². The molecule has 27 heavy (non-hydrogen) atoms. The molecule has 0 bridgehead atoms. The summed E-state index contributed by atoms with van der Waals surface area (Å²) >= 11 is 0. The van der Waals surface area contributed by atoms with E-state index in [2.05, 4.69) is 5.32 Å². The van der Waals surface area contributed by atoms with Gasteiger partial charge in [-0.25, -0.2) is 8.42 Å². The standard InChI is InChI=1S/C21H20N2O3S/c24-20(22-15-16-7-2-1-3-8-16)13-6-14-23-18-11-4-9-17-10-5-12-19(21(17)18)27(23,25)26/h1-5,7-12H,6,13-15H2,(H,22,24). The van der Waals surface area contributed by atoms with Crippen LogP contribution in [0.15, 0.2) is 71.6 Å². The maximum absolute atomic E-state index is 12.9. The van der Waals surface area contributed by atoms with Gasteiger partial charge in [0.25, 0.3) is 10.0 Å². The van der Waals surface area contributed by atoms with Crippen LogP contribution in [0.2, 0.25) is 0 Å². The van der Waals surface area contributed by atoms with Crippen LogP contribution in [0.3, 0.4) is 0 Å². The monoisotopic (exact) mass is 380 g/mol. The van der Waals surface area contributed by atoms with Gasteiger partial charge in [-0.2, -0.15) is 0 Å². The number of nitrogens with one attached hydrogen (secondary N) is 1. The van der Waals surface area contributed by atoms with Crippen molar-refractivity contribution >= 4 is 32.4 Å². The molecule has 0 spiro atoms. The minimum atomic E-state index is -3.55. The van der Waals surface area contributed by atoms with E-state index in [4.69, 9.17) is 0 Å². The molecule has 0 aliphatic carbocycles. The lowest BCUT2D eigenvalue weighted by Crippen LogP contribution is -2.30. The molecular weight excluding hydrogens is 360 g/mol. The molecule has 0 saturated carbocycles. The fourth-order valence-electron chi connectivity index (χ4n) is 3.47. The summed E-state index contributed by atoms with van der Waals surface area (Å²) in [5, 5.41) is 4.56. The quantitative estimate of drug-likeness (QED) is 0.712. The van der Waals surface area contributed by atoms with Crippen LogP contribution in [0.1, 0.15) is 18.4 Å². The van der Waals surface area contributed by atoms with Crippen molar-refractivity contribution in [1.29, 1.82) is 0 Å². The van der Waals surface area contributed by atoms with E-state index in [1.807, 2.05) is 54.6 Å². The number of sulfonamides is 1. The van der Waals surface area contributed by atoms with Crippen LogP contribution in [0.25, 0.3) is 10.8 Å². The molecule has 5 nitrogen and oxygen atoms in total. The second kappa shape index (κ2) is 7.04. The van der Waals surface area contributed by atoms with Gasteiger partial charge >= 0.3 is 0 Å². The molecular formula is C21H20N2O3S. The molecule has 0 fully saturated rings. The van der Waals surface area contributed by atoms with E-state index in [1.165, 1.54) is 4.31 Å². The molecule has 0 radical (unpaired) electrons. The number of anilines is 1. The molecule has 6 heteroatoms. The average molecular weight is 380 g/mol. The van der Waals surface area contributed by atoms with Crippen LogP contribution in [-0.4, -0.2) is 20.9 Å². The number of nitrogens with zero attached hydrogens (tertiary/aromatic N) is 1. The first kappa shape index (κ1) is 17.5. The number of carbonyl (C=O) groups is 1. The first-order valence-electron chi connectivity index (χ1n) is 8.92. The Balaban J connectivity index is 1.41. The second-order valence-corrected chi connectivity index (χ2v) is 8.41. The Morgan fingerprint density at radius 2 is 1.67 bits per heavy atom. The summed E-state index contributed by atoms with van der Waals surface area (Å²) in [5.74, 6) is -0.0776. The minimum absolute atomic E-state index is 0.0776. The van der Waals surface area contributed by atoms with Gasteiger partial charge in [0.05, 0.1) is 10.6 Å². The van der Waals surface area contributed by atoms with Gasteiger partial charge < -0.3 is 5.32 Å². The van der Waals surface area contributed by atoms with Crippen LogP contribution < -0.4 is 9.62 Å². The van der Waals surface area contributed by atoms with Crippen molar-refractivity contribution in [2.75, 3.05) is 10.8 Å². The van der Waals surface area contributed by atoms with E-state index >= 15 is 0 Å². The Kier molecular flexibility index (Phi) is 4.58. The molecule has 0 saturated heterocycles. The predicted molar refractivity (Wildman–Crippen MR) is 106 cm³/mol. The van der Waals surface area contributed by atoms with E-state index in [0.717, 1.165) is 16.3 Å². The summed E-state index contributed by atoms with van der Waals surface area (Å²) < 4.78 is 27.2. The zero-order valence-corrected chi connectivity index (χ0v) is 15.6. The number of carbonyl (C=O) groups excluding carboxylic acids is 1. The number of hydrogen-bond donors (Lipinski definition) is 1. The SMILES string of the molecule is O=C(CCCN1c2cccc3cccc(c23)S1(=O)=O)NCc1ccccc1. The highest BCUT2D eigenvalue weighted by Gasteiger charge is 2.34. The van der Waals surface area contributed by atoms with Gasteiger partial charge in [-0.15, -0.1) is 0 Å². The molecule has 138 valence electrons. The summed E-state index contributed by atoms with van der Waals surface area (Å²) in [4.78, 5) is 12.4. The Morgan fingerprint density at radius 3 is 2.44 bits per heavy atom. The number of rotatable bonds is 6. The largest absolute Gasteiger partial charge is 0.352 e. The Bertz CT molecular complexity index is 1090. The van der Waals surface area contributed by atoms with Crippen molar-refractivity contribution in [2.45, 2.75) is 24.3 Å². The van der Waals surface area contributed by atoms with E-state index in [0.29, 0.717) is 23.5 Å². The fraction of sp³-hybridized carbons (Fsp3) is 0.190. The molecule has 0 aromatic heterocycles. The summed E-state index contributed by atoms with van der Waals surface area (Å²) in [5.41, 5.74) is 1.74. The number of amides is 1. The fourth-order valence-corrected chi connectivity index (χ4v) is 5.22. The number of hydrogen-bond acceptors (Lipinski definition) is 3. The van der Waals surface area contributed by atoms with Crippen LogP contribution >= 0.6 is 0 Å². The van der Waals surface area contributed by atoms with Crippen molar-refractivity contribution < 1.29 is 13.2 Å². The highest BCUT2D eigenvalue weighted by molar-refractivity contribution is 7.93. The molecule has 3 aromatic carbocycles. The highest BCUT2D eigenvalue weighted by atomic mass is 32.2. The van der Waals surface area contributed by atoms with E-state index in [9.17, 15) is 13.2 Å². The van der Waals surface area contributed by atoms with Crippen LogP contribution in [-0.2, 0) is 21.4 Å². The van der Waals surface area contributed by atoms with Crippen LogP contribution in [0.4, 0.5) is 5.69 Å². The van der Waals surface area contributed by atoms with Crippen molar-refractivity contribution in [1.82, 2.24) is 5.32 Å². The first-order chi connectivity index (χ1) is 13.1. The predicted octanol–water partition coefficient (Wildman–Crippen LogP) is 3.45. The normalized spacial score (nSPS) is 14.4. The molecule has 1 amide bonds. The zero-order valence-electron chi connectivity index (χ0n) is 14.8. The van der Waals surface area contributed by atoms with Gasteiger partial charge in [0.15, 0.2) is 0 Å². The van der Waals surface area contributed by atoms with E-state index in [1.54, 1.807) is 12.1 Å². The molecule has 3 aromatic rings. The van der Waals surface area contributed by atoms with Crippen molar-refractivity contribution in [3.8, 4) is 0 Å². The Hall–Kier alpha value is -2.86. The summed E-state index contributed by atoms with van der Waals surface area (Å²) in [7, 11) is -3.55. The molecule has 1 aliphatic heterocycles. The Morgan fingerprint density at radius 1 is 0.926 bits per heavy atom. The lowest BCUT2D eigenvalue weighted by Gasteiger charge is -2.18. The van der Waals surface area contributed by atoms with E-state index in [-0.39, 0.29) is 18.9 Å². The van der Waals surface area contributed by atoms with Crippen molar-refractivity contribution in [3.05, 3.63) is 72.3 Å². The summed E-state index contributed by atoms with van der Waals surface area (Å²) in [6, 6.07) is 20.6. The third-order valence-electron chi connectivity index (χ3n) is 4.78. The van der Waals surface area contributed by atoms with Crippen molar-refractivity contribution in [3.63, 3.8) is 0 Å². The third kappa shape index (κ3) is 3.28. The van der Waals surface area contributed by atoms with Gasteiger partial charge in [0.1, 0.15) is 0 Å². The lowest BCUT2D eigenvalue weighted by molar-refractivity contribution is -0.121. The van der Waals surface area contributed by atoms with Gasteiger partial charge in [-0.05, 0) is 29.5 Å². The van der Waals surface area contributed by atoms with Gasteiger partial charge in [0, 0.05) is 24.9 Å². The topological polar surface area (TPSA) is 66.5 Å². The molecule has 4 rings (SSSR count). The van der Waals surface area contributed by atoms with Gasteiger partial charge in [-0.1, -0.05) is 54.6 Å². The molecule has 0 atom stereocenters. The maximum atomic E-state index is 12.9. The molecule has 1 heterocycles. The highest BCUT2D eigenvalue weighted by Crippen LogP contribution is 2.41. The second-order valence-electron chi connectivity index (χ2n) is 6.57. The lowest BCUT2D eigenvalue weighted by atomic mass is 10.1. The molecule has 1 aliphatic rings. The summed E-state index contributed by atoms with van der Waals surface area (Å²) in [6.07, 6.45) is 0.745. The molecule has 1 N–H and O–H groups in total. The average Bonchev–Trinajstić information content (AvgIpc) is 2.90. The third-order valence-corrected chi connectivity index (χ3v) is 6.63. The van der Waals surface area contributed by atoms with Crippen LogP contribution in [0.5, 0.6) is 0 Å². The smallest absolute Gasteiger partial charge is 0.265 e. The summed E-state index contributed by atoms with van der Waals surface area (Å²) in [6.45, 7) is 0.765. The van der Waals surface area contributed by atoms with E-state index < -0.39 is 10.0 Å². The number of benzene rings is 3. The van der Waals surface area contributed by atoms with Gasteiger partial charge in [0.2, 0.25) is 5.91 Å². The van der Waals surface area contributed by atoms with Gasteiger partial charge in [-0.3, -0.25) is 9.10 Å². The van der Waals surface area contributed by atoms with Crippen LogP contribution in [0, 0.1) is 0 Å².